The molecular weight excluding hydrogens is 1520 g/mol. The molecule has 0 unspecified atom stereocenters. The van der Waals surface area contributed by atoms with Gasteiger partial charge >= 0.3 is 5.97 Å². The Bertz CT molecular complexity index is 4320. The average molecular weight is 1620 g/mol. The van der Waals surface area contributed by atoms with E-state index in [0.717, 1.165) is 56.1 Å². The number of nitrogens with one attached hydrogen (secondary N) is 10. The number of thioether (sulfide) groups is 1. The van der Waals surface area contributed by atoms with Crippen LogP contribution in [0.1, 0.15) is 116 Å². The fraction of sp³-hybridized carbons (Fsp3) is 0.486. The van der Waals surface area contributed by atoms with Gasteiger partial charge in [-0.25, -0.2) is 8.42 Å². The predicted molar refractivity (Wildman–Crippen MR) is 416 cm³/mol. The van der Waals surface area contributed by atoms with E-state index in [-0.39, 0.29) is 96.3 Å². The molecule has 2 bridgehead atoms. The van der Waals surface area contributed by atoms with E-state index in [1.165, 1.54) is 31.3 Å². The normalized spacial score (nSPS) is 22.4. The number of amides is 10. The van der Waals surface area contributed by atoms with Crippen LogP contribution in [0.3, 0.4) is 0 Å². The summed E-state index contributed by atoms with van der Waals surface area (Å²) >= 11 is 0.921. The van der Waals surface area contributed by atoms with Crippen LogP contribution in [0.4, 0.5) is 11.4 Å². The quantitative estimate of drug-likeness (QED) is 0.0102. The van der Waals surface area contributed by atoms with Crippen molar-refractivity contribution in [2.24, 2.45) is 16.5 Å². The summed E-state index contributed by atoms with van der Waals surface area (Å²) in [4.78, 5) is 158. The number of carbonyl (C=O) groups is 11. The highest BCUT2D eigenvalue weighted by Gasteiger charge is 2.46. The first-order valence-corrected chi connectivity index (χ1v) is 42.2. The smallest absolute Gasteiger partial charge is 0.305 e. The van der Waals surface area contributed by atoms with Crippen LogP contribution in [-0.4, -0.2) is 217 Å². The van der Waals surface area contributed by atoms with Crippen molar-refractivity contribution >= 4 is 142 Å². The van der Waals surface area contributed by atoms with Crippen LogP contribution in [0.15, 0.2) is 118 Å². The Morgan fingerprint density at radius 2 is 1.32 bits per heavy atom. The molecule has 4 aliphatic heterocycles. The molecule has 0 aliphatic carbocycles. The lowest BCUT2D eigenvalue weighted by Crippen LogP contribution is -2.60. The van der Waals surface area contributed by atoms with E-state index in [2.05, 4.69) is 67.6 Å². The fourth-order valence-electron chi connectivity index (χ4n) is 12.9. The highest BCUT2D eigenvalue weighted by molar-refractivity contribution is 8.76. The van der Waals surface area contributed by atoms with Crippen molar-refractivity contribution in [2.75, 3.05) is 67.7 Å². The number of likely N-dealkylation sites (N-methyl/N-ethyl adjacent to an activating group) is 2. The summed E-state index contributed by atoms with van der Waals surface area (Å²) in [5.41, 5.74) is 14.8. The second-order valence-electron chi connectivity index (χ2n) is 27.5. The number of carboxylic acid groups (broad SMARTS) is 1. The van der Waals surface area contributed by atoms with Crippen molar-refractivity contribution < 1.29 is 88.4 Å². The van der Waals surface area contributed by atoms with E-state index < -0.39 is 145 Å². The Kier molecular flexibility index (Phi) is 32.4. The lowest BCUT2D eigenvalue weighted by Gasteiger charge is -2.27. The molecule has 10 amide bonds. The third kappa shape index (κ3) is 25.1. The van der Waals surface area contributed by atoms with Crippen LogP contribution >= 0.6 is 33.3 Å². The second-order valence-corrected chi connectivity index (χ2v) is 33.9. The standard InChI is InChI=1S/C72H97N15O18S5/c1-7-86-55-29-27-44(109(100,101)102)35-46(55)71(2,3)57(86)24-13-9-14-25-58-72(4,5)47-36-45(110(103,104)105)28-30-56(47)87(58)33-18-10-15-26-59(88)76-31-17-16-22-49-65(95)84-53-40-107-108-41-54(69(99)82-50(34-43-20-11-8-12-21-43)66(96)83-52(63(93)75-6)39-106-42-61(90)79-49)85-67(97)51(37-62(91)92)80-60(89)38-78-64(94)48(81-68(53)98)23-19-32-77-70(73)74/h8-9,11-14,20-21,24-25,27-30,35-36,48-54H,7,10,15-19,22-23,26,31-34,37-42H2,1-6H3,(H16-,73,74,75,76,77,78,79,80,81,82,83,84,85,88,89,90,91,92,93,94,95,96,97,98,99,100,101,102,103,104,105)/t48-,49-,50-,51-,52-,53-,54-/m0/s1. The van der Waals surface area contributed by atoms with Crippen molar-refractivity contribution in [1.29, 1.82) is 0 Å². The molecule has 16 N–H and O–H groups in total. The van der Waals surface area contributed by atoms with Crippen LogP contribution in [-0.2, 0) is 90.2 Å². The van der Waals surface area contributed by atoms with Crippen LogP contribution in [0.25, 0.3) is 0 Å². The average Bonchev–Trinajstić information content (AvgIpc) is 1.59. The van der Waals surface area contributed by atoms with Crippen LogP contribution < -0.4 is 69.5 Å². The molecular formula is C72H97N15O18S5. The first-order chi connectivity index (χ1) is 52.0. The topological polar surface area (TPSA) is 511 Å². The fourth-order valence-corrected chi connectivity index (χ4v) is 17.1. The number of carboxylic acids is 1. The zero-order valence-electron chi connectivity index (χ0n) is 61.9. The second kappa shape index (κ2) is 40.6. The van der Waals surface area contributed by atoms with E-state index >= 15 is 0 Å². The number of benzene rings is 3. The number of carbonyl (C=O) groups excluding carboxylic acids is 10. The van der Waals surface area contributed by atoms with E-state index in [9.17, 15) is 83.8 Å². The molecule has 0 radical (unpaired) electrons. The summed E-state index contributed by atoms with van der Waals surface area (Å²) in [6.45, 7) is 10.1. The largest absolute Gasteiger partial charge is 0.744 e. The van der Waals surface area contributed by atoms with Crippen molar-refractivity contribution in [3.05, 3.63) is 119 Å². The minimum atomic E-state index is -4.69. The summed E-state index contributed by atoms with van der Waals surface area (Å²) in [6, 6.07) is 6.92. The molecule has 4 heterocycles. The molecule has 7 atom stereocenters. The number of hydrogen-bond acceptors (Lipinski definition) is 21. The zero-order valence-corrected chi connectivity index (χ0v) is 66.0. The number of nitrogens with zero attached hydrogens (tertiary/aromatic N) is 3. The minimum Gasteiger partial charge on any atom is -0.744 e. The van der Waals surface area contributed by atoms with Gasteiger partial charge in [0.25, 0.3) is 10.1 Å². The number of fused-ring (bicyclic) bond motifs is 7. The molecule has 0 saturated carbocycles. The maximum atomic E-state index is 14.7. The Labute approximate surface area is 651 Å². The molecule has 3 aromatic rings. The number of nitrogens with two attached hydrogens (primary N) is 2. The van der Waals surface area contributed by atoms with E-state index in [4.69, 9.17) is 11.5 Å². The monoisotopic (exact) mass is 1620 g/mol. The van der Waals surface area contributed by atoms with Gasteiger partial charge in [0.05, 0.1) is 33.9 Å². The summed E-state index contributed by atoms with van der Waals surface area (Å²) in [7, 11) is -6.08. The van der Waals surface area contributed by atoms with E-state index in [1.54, 1.807) is 42.5 Å². The molecule has 2 saturated heterocycles. The molecule has 4 aliphatic rings. The first-order valence-electron chi connectivity index (χ1n) is 35.7. The van der Waals surface area contributed by atoms with Gasteiger partial charge in [-0.2, -0.15) is 13.0 Å². The van der Waals surface area contributed by atoms with Gasteiger partial charge in [0, 0.05) is 97.7 Å². The Hall–Kier alpha value is -9.34. The summed E-state index contributed by atoms with van der Waals surface area (Å²) in [5.74, 6) is -11.3. The van der Waals surface area contributed by atoms with Gasteiger partial charge in [-0.05, 0) is 113 Å². The SMILES string of the molecule is CCN1/C(=C/C=C/C=C/C2=[N+](CCCCCC(=O)NCCCC[C@@H]3NC(=O)CSC[C@@H](C(=O)NC)NC(=O)[C@H](Cc4ccccc4)NC(=O)[C@@H]4CSSC[C@H](NC3=O)C(=O)N[C@@H](CCCN=C(N)N)C(=O)NCC(=O)N[C@@H](CC(=O)O)C(=O)N4)c3ccc(S(=O)(=O)O)cc3C2(C)C)C(C)(C)c2cc(S(=O)(=O)[O-])ccc21. The summed E-state index contributed by atoms with van der Waals surface area (Å²) in [5, 5.41) is 35.7. The molecule has 7 rings (SSSR count). The van der Waals surface area contributed by atoms with Crippen molar-refractivity contribution in [2.45, 2.75) is 168 Å². The number of allylic oxidation sites excluding steroid dienone is 6. The van der Waals surface area contributed by atoms with E-state index in [1.807, 2.05) is 65.0 Å². The highest BCUT2D eigenvalue weighted by atomic mass is 33.1. The minimum absolute atomic E-state index is 0.000474. The van der Waals surface area contributed by atoms with Crippen molar-refractivity contribution in [1.82, 2.24) is 53.2 Å². The lowest BCUT2D eigenvalue weighted by atomic mass is 9.81. The molecule has 110 heavy (non-hydrogen) atoms. The Morgan fingerprint density at radius 3 is 1.96 bits per heavy atom. The Balaban J connectivity index is 1.06. The number of hydrogen-bond donors (Lipinski definition) is 14. The third-order valence-electron chi connectivity index (χ3n) is 18.7. The van der Waals surface area contributed by atoms with Gasteiger partial charge in [-0.1, -0.05) is 84.0 Å². The first kappa shape index (κ1) is 87.9. The Morgan fingerprint density at radius 1 is 0.691 bits per heavy atom. The van der Waals surface area contributed by atoms with Crippen LogP contribution in [0.5, 0.6) is 0 Å². The van der Waals surface area contributed by atoms with Gasteiger partial charge in [0.15, 0.2) is 11.7 Å². The molecule has 38 heteroatoms. The highest BCUT2D eigenvalue weighted by Crippen LogP contribution is 2.48. The maximum Gasteiger partial charge on any atom is 0.305 e. The summed E-state index contributed by atoms with van der Waals surface area (Å²) < 4.78 is 72.7. The molecule has 0 aromatic heterocycles. The number of aliphatic carboxylic acids is 1. The van der Waals surface area contributed by atoms with Crippen molar-refractivity contribution in [3.63, 3.8) is 0 Å². The lowest BCUT2D eigenvalue weighted by molar-refractivity contribution is -0.438. The predicted octanol–water partition coefficient (Wildman–Crippen LogP) is 1.04. The number of aliphatic imine (C=N–C) groups is 1. The number of guanidine groups is 1. The van der Waals surface area contributed by atoms with Gasteiger partial charge in [-0.15, -0.1) is 11.8 Å². The van der Waals surface area contributed by atoms with E-state index in [0.29, 0.717) is 55.5 Å². The number of unbranched alkanes of at least 4 members (excludes halogenated alkanes) is 3. The molecule has 33 nitrogen and oxygen atoms in total. The van der Waals surface area contributed by atoms with Gasteiger partial charge < -0.3 is 79.2 Å². The number of anilines is 1. The molecule has 0 spiro atoms. The maximum absolute atomic E-state index is 14.7. The van der Waals surface area contributed by atoms with Crippen molar-refractivity contribution in [3.8, 4) is 0 Å². The molecule has 598 valence electrons. The van der Waals surface area contributed by atoms with Gasteiger partial charge in [0.2, 0.25) is 64.8 Å². The zero-order chi connectivity index (χ0) is 80.7. The summed E-state index contributed by atoms with van der Waals surface area (Å²) in [6.07, 6.45) is 10.6. The van der Waals surface area contributed by atoms with Gasteiger partial charge in [0.1, 0.15) is 59.0 Å². The van der Waals surface area contributed by atoms with Crippen LogP contribution in [0, 0.1) is 0 Å². The van der Waals surface area contributed by atoms with Crippen LogP contribution in [0.2, 0.25) is 0 Å². The third-order valence-corrected chi connectivity index (χ3v) is 23.8. The molecule has 2 fully saturated rings. The number of rotatable bonds is 26. The van der Waals surface area contributed by atoms with Gasteiger partial charge in [-0.3, -0.25) is 62.3 Å². The molecule has 3 aromatic carbocycles.